The number of amides is 1. The zero-order valence-corrected chi connectivity index (χ0v) is 16.3. The van der Waals surface area contributed by atoms with Crippen LogP contribution in [-0.4, -0.2) is 34.3 Å². The second-order valence-electron chi connectivity index (χ2n) is 6.51. The van der Waals surface area contributed by atoms with Crippen molar-refractivity contribution in [1.82, 2.24) is 14.8 Å². The highest BCUT2D eigenvalue weighted by atomic mass is 35.5. The van der Waals surface area contributed by atoms with Crippen LogP contribution in [0.3, 0.4) is 0 Å². The fourth-order valence-electron chi connectivity index (χ4n) is 3.23. The van der Waals surface area contributed by atoms with Crippen LogP contribution in [0.5, 0.6) is 11.6 Å². The van der Waals surface area contributed by atoms with Crippen LogP contribution in [0.25, 0.3) is 0 Å². The summed E-state index contributed by atoms with van der Waals surface area (Å²) in [4.78, 5) is 18.9. The Morgan fingerprint density at radius 3 is 2.82 bits per heavy atom. The summed E-state index contributed by atoms with van der Waals surface area (Å²) in [5, 5.41) is 5.09. The molecule has 0 saturated carbocycles. The maximum absolute atomic E-state index is 13.1. The number of nitrogens with zero attached hydrogens (tertiary/aromatic N) is 4. The molecule has 1 aliphatic rings. The van der Waals surface area contributed by atoms with Gasteiger partial charge in [0.25, 0.3) is 5.91 Å². The molecule has 1 amide bonds. The Morgan fingerprint density at radius 1 is 1.25 bits per heavy atom. The summed E-state index contributed by atoms with van der Waals surface area (Å²) in [6, 6.07) is 12.7. The van der Waals surface area contributed by atoms with Crippen LogP contribution in [0.15, 0.2) is 48.7 Å². The van der Waals surface area contributed by atoms with Gasteiger partial charge in [0.15, 0.2) is 0 Å². The van der Waals surface area contributed by atoms with Crippen molar-refractivity contribution in [3.63, 3.8) is 0 Å². The SMILES string of the molecule is COc1ccccc1N1C[C@@H](C)n2nc(COc3ccc(Cl)cn3)cc2C1=O. The Labute approximate surface area is 167 Å². The van der Waals surface area contributed by atoms with E-state index in [1.165, 1.54) is 6.20 Å². The van der Waals surface area contributed by atoms with Gasteiger partial charge >= 0.3 is 0 Å². The second kappa shape index (κ2) is 7.52. The number of benzene rings is 1. The van der Waals surface area contributed by atoms with Gasteiger partial charge in [-0.1, -0.05) is 23.7 Å². The fraction of sp³-hybridized carbons (Fsp3) is 0.250. The Morgan fingerprint density at radius 2 is 2.07 bits per heavy atom. The van der Waals surface area contributed by atoms with E-state index in [0.29, 0.717) is 34.6 Å². The maximum Gasteiger partial charge on any atom is 0.276 e. The molecule has 4 rings (SSSR count). The lowest BCUT2D eigenvalue weighted by atomic mass is 10.1. The number of para-hydroxylation sites is 2. The number of pyridine rings is 1. The van der Waals surface area contributed by atoms with Crippen molar-refractivity contribution in [2.24, 2.45) is 0 Å². The van der Waals surface area contributed by atoms with Crippen LogP contribution in [0.4, 0.5) is 5.69 Å². The Hall–Kier alpha value is -3.06. The minimum absolute atomic E-state index is 0.0139. The molecule has 1 atom stereocenters. The van der Waals surface area contributed by atoms with Crippen molar-refractivity contribution in [3.8, 4) is 11.6 Å². The van der Waals surface area contributed by atoms with E-state index in [4.69, 9.17) is 21.1 Å². The first-order valence-corrected chi connectivity index (χ1v) is 9.22. The quantitative estimate of drug-likeness (QED) is 0.654. The lowest BCUT2D eigenvalue weighted by molar-refractivity contribution is 0.0952. The highest BCUT2D eigenvalue weighted by molar-refractivity contribution is 6.30. The number of methoxy groups -OCH3 is 1. The van der Waals surface area contributed by atoms with Gasteiger partial charge in [-0.15, -0.1) is 0 Å². The van der Waals surface area contributed by atoms with E-state index in [0.717, 1.165) is 5.69 Å². The van der Waals surface area contributed by atoms with E-state index in [9.17, 15) is 4.79 Å². The van der Waals surface area contributed by atoms with E-state index in [1.54, 1.807) is 34.9 Å². The van der Waals surface area contributed by atoms with Crippen molar-refractivity contribution in [2.75, 3.05) is 18.6 Å². The molecule has 0 aliphatic carbocycles. The van der Waals surface area contributed by atoms with Crippen LogP contribution in [0, 0.1) is 0 Å². The first-order valence-electron chi connectivity index (χ1n) is 8.84. The van der Waals surface area contributed by atoms with Crippen molar-refractivity contribution < 1.29 is 14.3 Å². The summed E-state index contributed by atoms with van der Waals surface area (Å²) in [6.07, 6.45) is 1.52. The molecule has 8 heteroatoms. The molecule has 7 nitrogen and oxygen atoms in total. The minimum Gasteiger partial charge on any atom is -0.495 e. The Balaban J connectivity index is 1.57. The van der Waals surface area contributed by atoms with Crippen LogP contribution in [0.2, 0.25) is 5.02 Å². The normalized spacial score (nSPS) is 16.0. The average molecular weight is 399 g/mol. The molecule has 0 bridgehead atoms. The lowest BCUT2D eigenvalue weighted by Gasteiger charge is -2.32. The predicted molar refractivity (Wildman–Crippen MR) is 105 cm³/mol. The highest BCUT2D eigenvalue weighted by Crippen LogP contribution is 2.33. The average Bonchev–Trinajstić information content (AvgIpc) is 3.15. The number of anilines is 1. The molecular formula is C20H19ClN4O3. The van der Waals surface area contributed by atoms with Gasteiger partial charge in [0.2, 0.25) is 5.88 Å². The molecule has 0 N–H and O–H groups in total. The van der Waals surface area contributed by atoms with E-state index < -0.39 is 0 Å². The maximum atomic E-state index is 13.1. The Kier molecular flexibility index (Phi) is 4.92. The van der Waals surface area contributed by atoms with Crippen molar-refractivity contribution >= 4 is 23.2 Å². The van der Waals surface area contributed by atoms with Gasteiger partial charge in [0, 0.05) is 18.8 Å². The summed E-state index contributed by atoms with van der Waals surface area (Å²) >= 11 is 5.83. The standard InChI is InChI=1S/C20H19ClN4O3/c1-13-11-24(16-5-3-4-6-18(16)27-2)20(26)17-9-15(23-25(13)17)12-28-19-8-7-14(21)10-22-19/h3-10,13H,11-12H2,1-2H3/t13-/m1/s1. The number of hydrogen-bond donors (Lipinski definition) is 0. The molecule has 3 aromatic rings. The van der Waals surface area contributed by atoms with E-state index >= 15 is 0 Å². The number of carbonyl (C=O) groups excluding carboxylic acids is 1. The summed E-state index contributed by atoms with van der Waals surface area (Å²) in [5.41, 5.74) is 1.93. The van der Waals surface area contributed by atoms with Gasteiger partial charge < -0.3 is 14.4 Å². The molecule has 0 spiro atoms. The number of carbonyl (C=O) groups is 1. The van der Waals surface area contributed by atoms with Crippen LogP contribution in [0.1, 0.15) is 29.1 Å². The number of hydrogen-bond acceptors (Lipinski definition) is 5. The molecule has 28 heavy (non-hydrogen) atoms. The van der Waals surface area contributed by atoms with Gasteiger partial charge in [-0.2, -0.15) is 5.10 Å². The van der Waals surface area contributed by atoms with E-state index in [-0.39, 0.29) is 18.6 Å². The van der Waals surface area contributed by atoms with Gasteiger partial charge in [0.1, 0.15) is 23.7 Å². The van der Waals surface area contributed by atoms with Crippen LogP contribution < -0.4 is 14.4 Å². The topological polar surface area (TPSA) is 69.5 Å². The number of rotatable bonds is 5. The van der Waals surface area contributed by atoms with E-state index in [2.05, 4.69) is 10.1 Å². The summed E-state index contributed by atoms with van der Waals surface area (Å²) < 4.78 is 12.8. The highest BCUT2D eigenvalue weighted by Gasteiger charge is 2.33. The van der Waals surface area contributed by atoms with Gasteiger partial charge in [0.05, 0.1) is 23.9 Å². The predicted octanol–water partition coefficient (Wildman–Crippen LogP) is 3.74. The zero-order valence-electron chi connectivity index (χ0n) is 15.5. The number of fused-ring (bicyclic) bond motifs is 1. The molecule has 2 aromatic heterocycles. The van der Waals surface area contributed by atoms with Gasteiger partial charge in [-0.05, 0) is 31.2 Å². The van der Waals surface area contributed by atoms with Crippen molar-refractivity contribution in [3.05, 3.63) is 65.1 Å². The molecule has 0 saturated heterocycles. The molecule has 1 aliphatic heterocycles. The fourth-order valence-corrected chi connectivity index (χ4v) is 3.34. The molecule has 3 heterocycles. The summed E-state index contributed by atoms with van der Waals surface area (Å²) in [6.45, 7) is 2.74. The van der Waals surface area contributed by atoms with Gasteiger partial charge in [-0.3, -0.25) is 9.48 Å². The minimum atomic E-state index is -0.119. The number of halogens is 1. The smallest absolute Gasteiger partial charge is 0.276 e. The van der Waals surface area contributed by atoms with Crippen LogP contribution in [-0.2, 0) is 6.61 Å². The van der Waals surface area contributed by atoms with E-state index in [1.807, 2.05) is 31.2 Å². The molecular weight excluding hydrogens is 380 g/mol. The first kappa shape index (κ1) is 18.3. The number of aromatic nitrogens is 3. The summed E-state index contributed by atoms with van der Waals surface area (Å²) in [5.74, 6) is 0.991. The third-order valence-electron chi connectivity index (χ3n) is 4.56. The van der Waals surface area contributed by atoms with Crippen molar-refractivity contribution in [2.45, 2.75) is 19.6 Å². The Bertz CT molecular complexity index is 1000. The monoisotopic (exact) mass is 398 g/mol. The first-order chi connectivity index (χ1) is 13.6. The second-order valence-corrected chi connectivity index (χ2v) is 6.94. The third-order valence-corrected chi connectivity index (χ3v) is 4.78. The summed E-state index contributed by atoms with van der Waals surface area (Å²) in [7, 11) is 1.60. The number of ether oxygens (including phenoxy) is 2. The third kappa shape index (κ3) is 3.41. The largest absolute Gasteiger partial charge is 0.495 e. The molecule has 0 radical (unpaired) electrons. The molecule has 144 valence electrons. The zero-order chi connectivity index (χ0) is 19.7. The molecule has 0 fully saturated rings. The van der Waals surface area contributed by atoms with Crippen molar-refractivity contribution in [1.29, 1.82) is 0 Å². The lowest BCUT2D eigenvalue weighted by Crippen LogP contribution is -2.42. The molecule has 1 aromatic carbocycles. The van der Waals surface area contributed by atoms with Crippen LogP contribution >= 0.6 is 11.6 Å². The molecule has 0 unspecified atom stereocenters. The van der Waals surface area contributed by atoms with Gasteiger partial charge in [-0.25, -0.2) is 4.98 Å².